The summed E-state index contributed by atoms with van der Waals surface area (Å²) in [7, 11) is 0. The van der Waals surface area contributed by atoms with E-state index in [1.165, 1.54) is 30.6 Å². The van der Waals surface area contributed by atoms with Crippen LogP contribution in [0.5, 0.6) is 0 Å². The molecule has 3 N–H and O–H groups in total. The quantitative estimate of drug-likeness (QED) is 0.427. The highest BCUT2D eigenvalue weighted by molar-refractivity contribution is 7.14. The van der Waals surface area contributed by atoms with Crippen molar-refractivity contribution in [1.29, 1.82) is 0 Å². The van der Waals surface area contributed by atoms with Gasteiger partial charge < -0.3 is 16.0 Å². The molecule has 2 heterocycles. The standard InChI is InChI=1S/C25H33ClN4O2S/c1-15-20(13-18(26)14-27-15)28-16(2)22-10-11-23(33-22)25(32)30-21(12-17-6-3-4-7-17)24(31)29-19-8-5-9-19/h10-11,13-14,16-17,19,21,28H,3-9,12H2,1-2H3,(H,29,31)(H,30,32). The number of thiophene rings is 1. The average Bonchev–Trinajstić information content (AvgIpc) is 3.45. The molecule has 2 amide bonds. The summed E-state index contributed by atoms with van der Waals surface area (Å²) in [5.41, 5.74) is 1.74. The molecule has 178 valence electrons. The second kappa shape index (κ2) is 10.9. The molecule has 0 radical (unpaired) electrons. The molecule has 2 unspecified atom stereocenters. The fourth-order valence-corrected chi connectivity index (χ4v) is 5.63. The van der Waals surface area contributed by atoms with Crippen LogP contribution in [-0.4, -0.2) is 28.9 Å². The predicted molar refractivity (Wildman–Crippen MR) is 134 cm³/mol. The molecule has 2 aliphatic rings. The van der Waals surface area contributed by atoms with Crippen LogP contribution in [-0.2, 0) is 4.79 Å². The normalized spacial score (nSPS) is 18.4. The van der Waals surface area contributed by atoms with Gasteiger partial charge in [-0.3, -0.25) is 14.6 Å². The van der Waals surface area contributed by atoms with Gasteiger partial charge in [0.05, 0.1) is 27.3 Å². The Morgan fingerprint density at radius 1 is 1.18 bits per heavy atom. The molecule has 0 aromatic carbocycles. The van der Waals surface area contributed by atoms with Crippen LogP contribution in [0.25, 0.3) is 0 Å². The zero-order valence-electron chi connectivity index (χ0n) is 19.3. The highest BCUT2D eigenvalue weighted by Crippen LogP contribution is 2.30. The number of nitrogens with zero attached hydrogens (tertiary/aromatic N) is 1. The lowest BCUT2D eigenvalue weighted by Gasteiger charge is -2.29. The Hall–Kier alpha value is -2.12. The number of aromatic nitrogens is 1. The summed E-state index contributed by atoms with van der Waals surface area (Å²) in [4.78, 5) is 31.9. The maximum absolute atomic E-state index is 13.1. The van der Waals surface area contributed by atoms with Crippen molar-refractivity contribution in [3.8, 4) is 0 Å². The molecule has 2 aromatic rings. The Bertz CT molecular complexity index is 985. The third kappa shape index (κ3) is 6.27. The van der Waals surface area contributed by atoms with E-state index in [-0.39, 0.29) is 23.9 Å². The molecule has 6 nitrogen and oxygen atoms in total. The number of rotatable bonds is 9. The number of aryl methyl sites for hydroxylation is 1. The second-order valence-electron chi connectivity index (χ2n) is 9.40. The Balaban J connectivity index is 1.40. The molecular weight excluding hydrogens is 456 g/mol. The van der Waals surface area contributed by atoms with E-state index in [0.29, 0.717) is 15.8 Å². The third-order valence-corrected chi connectivity index (χ3v) is 8.29. The van der Waals surface area contributed by atoms with E-state index in [1.54, 1.807) is 6.20 Å². The van der Waals surface area contributed by atoms with Crippen molar-refractivity contribution in [3.05, 3.63) is 44.9 Å². The maximum Gasteiger partial charge on any atom is 0.262 e. The SMILES string of the molecule is Cc1ncc(Cl)cc1NC(C)c1ccc(C(=O)NC(CC2CCCC2)C(=O)NC2CCC2)s1. The molecule has 2 aliphatic carbocycles. The number of carbonyl (C=O) groups excluding carboxylic acids is 2. The number of nitrogens with one attached hydrogen (secondary N) is 3. The van der Waals surface area contributed by atoms with E-state index in [0.717, 1.165) is 48.4 Å². The van der Waals surface area contributed by atoms with Crippen molar-refractivity contribution in [3.63, 3.8) is 0 Å². The van der Waals surface area contributed by atoms with Gasteiger partial charge in [0.15, 0.2) is 0 Å². The van der Waals surface area contributed by atoms with Crippen LogP contribution >= 0.6 is 22.9 Å². The maximum atomic E-state index is 13.1. The number of pyridine rings is 1. The van der Waals surface area contributed by atoms with Gasteiger partial charge in [0, 0.05) is 17.1 Å². The molecule has 4 rings (SSSR count). The number of carbonyl (C=O) groups is 2. The first-order valence-corrected chi connectivity index (χ1v) is 13.2. The Morgan fingerprint density at radius 3 is 2.64 bits per heavy atom. The molecule has 8 heteroatoms. The summed E-state index contributed by atoms with van der Waals surface area (Å²) < 4.78 is 0. The lowest BCUT2D eigenvalue weighted by atomic mass is 9.92. The summed E-state index contributed by atoms with van der Waals surface area (Å²) in [6.45, 7) is 3.97. The minimum Gasteiger partial charge on any atom is -0.376 e. The molecule has 0 spiro atoms. The Kier molecular flexibility index (Phi) is 7.91. The summed E-state index contributed by atoms with van der Waals surface area (Å²) in [6, 6.07) is 5.45. The van der Waals surface area contributed by atoms with Gasteiger partial charge in [0.2, 0.25) is 5.91 Å². The van der Waals surface area contributed by atoms with Gasteiger partial charge in [-0.1, -0.05) is 37.3 Å². The number of halogens is 1. The van der Waals surface area contributed by atoms with Gasteiger partial charge in [0.25, 0.3) is 5.91 Å². The van der Waals surface area contributed by atoms with Crippen LogP contribution < -0.4 is 16.0 Å². The average molecular weight is 489 g/mol. The van der Waals surface area contributed by atoms with E-state index in [9.17, 15) is 9.59 Å². The lowest BCUT2D eigenvalue weighted by Crippen LogP contribution is -2.51. The smallest absolute Gasteiger partial charge is 0.262 e. The van der Waals surface area contributed by atoms with Crippen LogP contribution in [0.1, 0.15) is 84.6 Å². The van der Waals surface area contributed by atoms with Gasteiger partial charge in [-0.25, -0.2) is 0 Å². The molecule has 0 bridgehead atoms. The zero-order chi connectivity index (χ0) is 23.4. The first kappa shape index (κ1) is 24.0. The van der Waals surface area contributed by atoms with Crippen LogP contribution in [0.2, 0.25) is 5.02 Å². The predicted octanol–water partition coefficient (Wildman–Crippen LogP) is 5.63. The monoisotopic (exact) mass is 488 g/mol. The van der Waals surface area contributed by atoms with Crippen molar-refractivity contribution in [1.82, 2.24) is 15.6 Å². The minimum absolute atomic E-state index is 0.00767. The highest BCUT2D eigenvalue weighted by Gasteiger charge is 2.30. The topological polar surface area (TPSA) is 83.1 Å². The van der Waals surface area contributed by atoms with E-state index in [2.05, 4.69) is 20.9 Å². The van der Waals surface area contributed by atoms with E-state index in [1.807, 2.05) is 32.0 Å². The largest absolute Gasteiger partial charge is 0.376 e. The minimum atomic E-state index is -0.470. The summed E-state index contributed by atoms with van der Waals surface area (Å²) in [6.07, 6.45) is 10.3. The van der Waals surface area contributed by atoms with Crippen molar-refractivity contribution in [2.24, 2.45) is 5.92 Å². The number of amides is 2. The van der Waals surface area contributed by atoms with Gasteiger partial charge >= 0.3 is 0 Å². The first-order chi connectivity index (χ1) is 15.9. The Morgan fingerprint density at radius 2 is 1.94 bits per heavy atom. The van der Waals surface area contributed by atoms with Crippen LogP contribution in [0, 0.1) is 12.8 Å². The summed E-state index contributed by atoms with van der Waals surface area (Å²) in [5, 5.41) is 10.2. The van der Waals surface area contributed by atoms with E-state index in [4.69, 9.17) is 11.6 Å². The molecule has 0 aliphatic heterocycles. The zero-order valence-corrected chi connectivity index (χ0v) is 20.9. The van der Waals surface area contributed by atoms with Crippen molar-refractivity contribution in [2.75, 3.05) is 5.32 Å². The molecule has 0 saturated heterocycles. The van der Waals surface area contributed by atoms with Crippen LogP contribution in [0.3, 0.4) is 0 Å². The molecular formula is C25H33ClN4O2S. The van der Waals surface area contributed by atoms with Gasteiger partial charge in [-0.15, -0.1) is 11.3 Å². The van der Waals surface area contributed by atoms with Gasteiger partial charge in [0.1, 0.15) is 6.04 Å². The van der Waals surface area contributed by atoms with E-state index >= 15 is 0 Å². The van der Waals surface area contributed by atoms with Gasteiger partial charge in [-0.2, -0.15) is 0 Å². The molecule has 2 saturated carbocycles. The second-order valence-corrected chi connectivity index (χ2v) is 11.0. The van der Waals surface area contributed by atoms with Crippen molar-refractivity contribution >= 4 is 40.4 Å². The summed E-state index contributed by atoms with van der Waals surface area (Å²) >= 11 is 7.53. The van der Waals surface area contributed by atoms with Crippen molar-refractivity contribution in [2.45, 2.75) is 83.3 Å². The fraction of sp³-hybridized carbons (Fsp3) is 0.560. The summed E-state index contributed by atoms with van der Waals surface area (Å²) in [5.74, 6) is 0.307. The first-order valence-electron chi connectivity index (χ1n) is 12.0. The van der Waals surface area contributed by atoms with Crippen LogP contribution in [0.4, 0.5) is 5.69 Å². The van der Waals surface area contributed by atoms with Gasteiger partial charge in [-0.05, 0) is 63.6 Å². The third-order valence-electron chi connectivity index (χ3n) is 6.82. The van der Waals surface area contributed by atoms with Crippen LogP contribution in [0.15, 0.2) is 24.4 Å². The molecule has 2 aromatic heterocycles. The number of anilines is 1. The highest BCUT2D eigenvalue weighted by atomic mass is 35.5. The van der Waals surface area contributed by atoms with E-state index < -0.39 is 6.04 Å². The Labute approximate surface area is 204 Å². The molecule has 2 fully saturated rings. The number of hydrogen-bond acceptors (Lipinski definition) is 5. The molecule has 2 atom stereocenters. The molecule has 33 heavy (non-hydrogen) atoms. The number of hydrogen-bond donors (Lipinski definition) is 3. The lowest BCUT2D eigenvalue weighted by molar-refractivity contribution is -0.124. The van der Waals surface area contributed by atoms with Crippen molar-refractivity contribution < 1.29 is 9.59 Å². The fourth-order valence-electron chi connectivity index (χ4n) is 4.56.